The average Bonchev–Trinajstić information content (AvgIpc) is 2.97. The zero-order valence-corrected chi connectivity index (χ0v) is 10.6. The van der Waals surface area contributed by atoms with Crippen LogP contribution in [0.2, 0.25) is 0 Å². The minimum Gasteiger partial charge on any atom is -0.278 e. The van der Waals surface area contributed by atoms with Gasteiger partial charge in [0.15, 0.2) is 5.13 Å². The van der Waals surface area contributed by atoms with Crippen LogP contribution in [-0.2, 0) is 10.0 Å². The topological polar surface area (TPSA) is 87.7 Å². The SMILES string of the molecule is O=S(=O)(Nc1nccs1)c1ccc2[nH]ncc2c1. The van der Waals surface area contributed by atoms with E-state index in [4.69, 9.17) is 0 Å². The predicted molar refractivity (Wildman–Crippen MR) is 69.0 cm³/mol. The monoisotopic (exact) mass is 280 g/mol. The van der Waals surface area contributed by atoms with Gasteiger partial charge in [-0.05, 0) is 18.2 Å². The second-order valence-electron chi connectivity index (χ2n) is 3.56. The van der Waals surface area contributed by atoms with E-state index in [1.165, 1.54) is 17.4 Å². The van der Waals surface area contributed by atoms with Gasteiger partial charge in [-0.25, -0.2) is 13.4 Å². The van der Waals surface area contributed by atoms with E-state index in [1.807, 2.05) is 0 Å². The van der Waals surface area contributed by atoms with Crippen molar-refractivity contribution in [3.8, 4) is 0 Å². The van der Waals surface area contributed by atoms with Crippen LogP contribution in [-0.4, -0.2) is 23.6 Å². The number of nitrogens with one attached hydrogen (secondary N) is 2. The Labute approximate surface area is 107 Å². The molecule has 2 N–H and O–H groups in total. The van der Waals surface area contributed by atoms with E-state index in [9.17, 15) is 8.42 Å². The third-order valence-corrected chi connectivity index (χ3v) is 4.53. The molecule has 0 saturated heterocycles. The first-order valence-corrected chi connectivity index (χ1v) is 7.37. The number of anilines is 1. The quantitative estimate of drug-likeness (QED) is 0.766. The van der Waals surface area contributed by atoms with E-state index in [2.05, 4.69) is 19.9 Å². The van der Waals surface area contributed by atoms with Crippen LogP contribution in [0.25, 0.3) is 10.9 Å². The largest absolute Gasteiger partial charge is 0.278 e. The molecule has 3 rings (SSSR count). The molecule has 0 aliphatic rings. The lowest BCUT2D eigenvalue weighted by Crippen LogP contribution is -2.12. The maximum absolute atomic E-state index is 12.1. The Balaban J connectivity index is 2.02. The van der Waals surface area contributed by atoms with Gasteiger partial charge >= 0.3 is 0 Å². The van der Waals surface area contributed by atoms with Gasteiger partial charge in [0.2, 0.25) is 0 Å². The number of hydrogen-bond donors (Lipinski definition) is 2. The molecule has 0 fully saturated rings. The molecule has 6 nitrogen and oxygen atoms in total. The van der Waals surface area contributed by atoms with Crippen molar-refractivity contribution in [2.45, 2.75) is 4.90 Å². The number of fused-ring (bicyclic) bond motifs is 1. The first kappa shape index (κ1) is 11.2. The molecule has 2 heterocycles. The molecule has 3 aromatic rings. The molecule has 8 heteroatoms. The molecule has 0 unspecified atom stereocenters. The van der Waals surface area contributed by atoms with Crippen LogP contribution in [0, 0.1) is 0 Å². The minimum atomic E-state index is -3.60. The summed E-state index contributed by atoms with van der Waals surface area (Å²) in [5.74, 6) is 0. The van der Waals surface area contributed by atoms with Crippen LogP contribution in [0.15, 0.2) is 40.9 Å². The molecule has 0 radical (unpaired) electrons. The smallest absolute Gasteiger partial charge is 0.263 e. The van der Waals surface area contributed by atoms with E-state index in [0.29, 0.717) is 5.13 Å². The number of thiazole rings is 1. The average molecular weight is 280 g/mol. The Morgan fingerprint density at radius 2 is 2.22 bits per heavy atom. The minimum absolute atomic E-state index is 0.187. The molecule has 0 saturated carbocycles. The van der Waals surface area contributed by atoms with Crippen LogP contribution < -0.4 is 4.72 Å². The summed E-state index contributed by atoms with van der Waals surface area (Å²) in [6, 6.07) is 4.77. The highest BCUT2D eigenvalue weighted by Crippen LogP contribution is 2.20. The molecule has 0 atom stereocenters. The summed E-state index contributed by atoms with van der Waals surface area (Å²) >= 11 is 1.23. The highest BCUT2D eigenvalue weighted by Gasteiger charge is 2.16. The summed E-state index contributed by atoms with van der Waals surface area (Å²) in [6.45, 7) is 0. The van der Waals surface area contributed by atoms with Gasteiger partial charge < -0.3 is 0 Å². The summed E-state index contributed by atoms with van der Waals surface area (Å²) in [7, 11) is -3.60. The van der Waals surface area contributed by atoms with E-state index in [1.54, 1.807) is 29.9 Å². The molecular weight excluding hydrogens is 272 g/mol. The van der Waals surface area contributed by atoms with Crippen LogP contribution in [0.1, 0.15) is 0 Å². The Kier molecular flexibility index (Phi) is 2.53. The molecule has 0 aliphatic heterocycles. The Bertz CT molecular complexity index is 777. The molecule has 0 spiro atoms. The summed E-state index contributed by atoms with van der Waals surface area (Å²) in [6.07, 6.45) is 3.12. The summed E-state index contributed by atoms with van der Waals surface area (Å²) in [5, 5.41) is 9.42. The number of aromatic nitrogens is 3. The van der Waals surface area contributed by atoms with Gasteiger partial charge in [-0.15, -0.1) is 11.3 Å². The van der Waals surface area contributed by atoms with Crippen molar-refractivity contribution >= 4 is 37.4 Å². The number of hydrogen-bond acceptors (Lipinski definition) is 5. The van der Waals surface area contributed by atoms with Crippen LogP contribution >= 0.6 is 11.3 Å². The number of H-pyrrole nitrogens is 1. The number of benzene rings is 1. The fourth-order valence-corrected chi connectivity index (χ4v) is 3.36. The highest BCUT2D eigenvalue weighted by molar-refractivity contribution is 7.93. The second kappa shape index (κ2) is 4.07. The highest BCUT2D eigenvalue weighted by atomic mass is 32.2. The summed E-state index contributed by atoms with van der Waals surface area (Å²) in [5.41, 5.74) is 0.795. The molecular formula is C10H8N4O2S2. The van der Waals surface area contributed by atoms with E-state index in [-0.39, 0.29) is 4.90 Å². The Morgan fingerprint density at radius 3 is 3.00 bits per heavy atom. The molecule has 92 valence electrons. The maximum atomic E-state index is 12.1. The Morgan fingerprint density at radius 1 is 1.33 bits per heavy atom. The van der Waals surface area contributed by atoms with Gasteiger partial charge in [0.25, 0.3) is 10.0 Å². The van der Waals surface area contributed by atoms with Crippen molar-refractivity contribution in [1.29, 1.82) is 0 Å². The lowest BCUT2D eigenvalue weighted by Gasteiger charge is -2.04. The van der Waals surface area contributed by atoms with E-state index in [0.717, 1.165) is 10.9 Å². The first-order chi connectivity index (χ1) is 8.65. The normalized spacial score (nSPS) is 11.8. The maximum Gasteiger partial charge on any atom is 0.263 e. The van der Waals surface area contributed by atoms with Crippen LogP contribution in [0.3, 0.4) is 0 Å². The third-order valence-electron chi connectivity index (χ3n) is 2.38. The fraction of sp³-hybridized carbons (Fsp3) is 0. The van der Waals surface area contributed by atoms with Crippen LogP contribution in [0.5, 0.6) is 0 Å². The van der Waals surface area contributed by atoms with Crippen molar-refractivity contribution in [3.05, 3.63) is 36.0 Å². The summed E-state index contributed by atoms with van der Waals surface area (Å²) < 4.78 is 26.6. The number of sulfonamides is 1. The van der Waals surface area contributed by atoms with E-state index < -0.39 is 10.0 Å². The first-order valence-electron chi connectivity index (χ1n) is 5.01. The summed E-state index contributed by atoms with van der Waals surface area (Å²) in [4.78, 5) is 4.08. The zero-order chi connectivity index (χ0) is 12.6. The number of rotatable bonds is 3. The van der Waals surface area contributed by atoms with Gasteiger partial charge in [0, 0.05) is 17.0 Å². The molecule has 0 aliphatic carbocycles. The van der Waals surface area contributed by atoms with Crippen molar-refractivity contribution in [2.75, 3.05) is 4.72 Å². The predicted octanol–water partition coefficient (Wildman–Crippen LogP) is 1.82. The number of nitrogens with zero attached hydrogens (tertiary/aromatic N) is 2. The molecule has 0 amide bonds. The van der Waals surface area contributed by atoms with Gasteiger partial charge in [0.05, 0.1) is 16.6 Å². The second-order valence-corrected chi connectivity index (χ2v) is 6.14. The third kappa shape index (κ3) is 1.95. The fourth-order valence-electron chi connectivity index (χ4n) is 1.54. The molecule has 2 aromatic heterocycles. The lowest BCUT2D eigenvalue weighted by molar-refractivity contribution is 0.601. The molecule has 1 aromatic carbocycles. The van der Waals surface area contributed by atoms with Crippen molar-refractivity contribution in [3.63, 3.8) is 0 Å². The molecule has 18 heavy (non-hydrogen) atoms. The van der Waals surface area contributed by atoms with Gasteiger partial charge in [-0.2, -0.15) is 5.10 Å². The number of aromatic amines is 1. The lowest BCUT2D eigenvalue weighted by atomic mass is 10.3. The molecule has 0 bridgehead atoms. The van der Waals surface area contributed by atoms with Crippen molar-refractivity contribution in [2.24, 2.45) is 0 Å². The van der Waals surface area contributed by atoms with E-state index >= 15 is 0 Å². The van der Waals surface area contributed by atoms with Crippen LogP contribution in [0.4, 0.5) is 5.13 Å². The standard InChI is InChI=1S/C10H8N4O2S2/c15-18(16,14-10-11-3-4-17-10)8-1-2-9-7(5-8)6-12-13-9/h1-6H,(H,11,14)(H,12,13). The van der Waals surface area contributed by atoms with Crippen molar-refractivity contribution < 1.29 is 8.42 Å². The van der Waals surface area contributed by atoms with Gasteiger partial charge in [-0.1, -0.05) is 0 Å². The van der Waals surface area contributed by atoms with Gasteiger partial charge in [-0.3, -0.25) is 9.82 Å². The Hall–Kier alpha value is -1.93. The van der Waals surface area contributed by atoms with Crippen molar-refractivity contribution in [1.82, 2.24) is 15.2 Å². The zero-order valence-electron chi connectivity index (χ0n) is 8.99. The van der Waals surface area contributed by atoms with Gasteiger partial charge in [0.1, 0.15) is 0 Å².